The minimum atomic E-state index is -4.83. The number of hydrogen-bond donors (Lipinski definition) is 3. The quantitative estimate of drug-likeness (QED) is 0.582. The lowest BCUT2D eigenvalue weighted by Crippen LogP contribution is -2.31. The second kappa shape index (κ2) is 7.22. The number of halogens is 3. The first-order chi connectivity index (χ1) is 14.2. The van der Waals surface area contributed by atoms with Gasteiger partial charge in [-0.05, 0) is 44.0 Å². The molecule has 1 aromatic carbocycles. The summed E-state index contributed by atoms with van der Waals surface area (Å²) in [5, 5.41) is 9.36. The number of pyridine rings is 2. The molecule has 0 aliphatic carbocycles. The van der Waals surface area contributed by atoms with Crippen LogP contribution in [0, 0.1) is 6.92 Å². The molecule has 0 unspecified atom stereocenters. The van der Waals surface area contributed by atoms with Crippen LogP contribution >= 0.6 is 0 Å². The Bertz CT molecular complexity index is 1290. The molecule has 0 bridgehead atoms. The normalized spacial score (nSPS) is 12.2. The van der Waals surface area contributed by atoms with Crippen molar-refractivity contribution in [1.82, 2.24) is 9.97 Å². The Labute approximate surface area is 173 Å². The monoisotopic (exact) mass is 433 g/mol. The smallest absolute Gasteiger partial charge is 0.416 e. The van der Waals surface area contributed by atoms with Crippen molar-refractivity contribution in [2.75, 3.05) is 0 Å². The zero-order valence-corrected chi connectivity index (χ0v) is 16.7. The lowest BCUT2D eigenvalue weighted by Gasteiger charge is -2.26. The Hall–Kier alpha value is -3.69. The van der Waals surface area contributed by atoms with E-state index in [1.165, 1.54) is 33.0 Å². The average Bonchev–Trinajstić information content (AvgIpc) is 2.65. The average molecular weight is 433 g/mol. The number of aryl methyl sites for hydroxylation is 1. The Morgan fingerprint density at radius 1 is 1.13 bits per heavy atom. The number of carbonyl (C=O) groups is 2. The molecule has 10 heteroatoms. The summed E-state index contributed by atoms with van der Waals surface area (Å²) in [6, 6.07) is 4.44. The molecule has 3 rings (SSSR count). The van der Waals surface area contributed by atoms with Crippen LogP contribution in [0.15, 0.2) is 35.3 Å². The number of amides is 1. The molecule has 0 atom stereocenters. The van der Waals surface area contributed by atoms with Crippen molar-refractivity contribution in [2.45, 2.75) is 32.4 Å². The minimum Gasteiger partial charge on any atom is -0.481 e. The molecule has 2 aromatic heterocycles. The van der Waals surface area contributed by atoms with E-state index < -0.39 is 40.0 Å². The number of hydrogen-bond acceptors (Lipinski definition) is 4. The van der Waals surface area contributed by atoms with Gasteiger partial charge in [-0.1, -0.05) is 6.07 Å². The molecular formula is C21H18F3N3O4. The molecule has 0 aliphatic heterocycles. The largest absolute Gasteiger partial charge is 0.481 e. The molecule has 1 amide bonds. The van der Waals surface area contributed by atoms with E-state index >= 15 is 0 Å². The molecule has 31 heavy (non-hydrogen) atoms. The maximum absolute atomic E-state index is 13.8. The van der Waals surface area contributed by atoms with Crippen LogP contribution < -0.4 is 11.2 Å². The number of nitrogens with zero attached hydrogens (tertiary/aromatic N) is 1. The Kier molecular flexibility index (Phi) is 5.13. The van der Waals surface area contributed by atoms with Gasteiger partial charge in [-0.2, -0.15) is 13.2 Å². The molecule has 0 fully saturated rings. The highest BCUT2D eigenvalue weighted by molar-refractivity contribution is 6.03. The van der Waals surface area contributed by atoms with Crippen molar-refractivity contribution in [1.29, 1.82) is 0 Å². The van der Waals surface area contributed by atoms with Gasteiger partial charge in [-0.15, -0.1) is 0 Å². The molecule has 4 N–H and O–H groups in total. The third-order valence-corrected chi connectivity index (χ3v) is 5.14. The molecule has 0 saturated carbocycles. The number of alkyl halides is 3. The number of aromatic nitrogens is 2. The summed E-state index contributed by atoms with van der Waals surface area (Å²) in [6.07, 6.45) is -3.58. The second-order valence-electron chi connectivity index (χ2n) is 7.63. The summed E-state index contributed by atoms with van der Waals surface area (Å²) < 4.78 is 41.5. The van der Waals surface area contributed by atoms with E-state index in [2.05, 4.69) is 9.97 Å². The van der Waals surface area contributed by atoms with Crippen LogP contribution in [-0.2, 0) is 16.4 Å². The number of carbonyl (C=O) groups excluding carboxylic acids is 1. The predicted octanol–water partition coefficient (Wildman–Crippen LogP) is 3.38. The maximum atomic E-state index is 13.8. The van der Waals surface area contributed by atoms with Crippen LogP contribution in [0.2, 0.25) is 0 Å². The van der Waals surface area contributed by atoms with Crippen molar-refractivity contribution in [2.24, 2.45) is 5.73 Å². The Balaban J connectivity index is 2.34. The second-order valence-corrected chi connectivity index (χ2v) is 7.63. The van der Waals surface area contributed by atoms with Crippen LogP contribution in [0.1, 0.15) is 41.0 Å². The number of carboxylic acid groups (broad SMARTS) is 1. The van der Waals surface area contributed by atoms with Gasteiger partial charge in [-0.25, -0.2) is 0 Å². The van der Waals surface area contributed by atoms with E-state index in [-0.39, 0.29) is 27.9 Å². The van der Waals surface area contributed by atoms with Crippen molar-refractivity contribution in [3.63, 3.8) is 0 Å². The van der Waals surface area contributed by atoms with Gasteiger partial charge in [0.1, 0.15) is 5.69 Å². The fourth-order valence-corrected chi connectivity index (χ4v) is 3.40. The standard InChI is InChI=1S/C21H18F3N3O4/c1-9-6-11(20(2,3)19(30)31)12(21(22,23)24)7-10(9)14-8-15(28)16-13(27-14)4-5-26-17(16)18(25)29/h4-8H,1-3H3,(H2,25,29)(H,27,28)(H,30,31). The van der Waals surface area contributed by atoms with Crippen molar-refractivity contribution >= 4 is 22.8 Å². The summed E-state index contributed by atoms with van der Waals surface area (Å²) in [7, 11) is 0. The van der Waals surface area contributed by atoms with Crippen LogP contribution in [0.5, 0.6) is 0 Å². The number of nitrogens with two attached hydrogens (primary N) is 1. The molecule has 162 valence electrons. The Morgan fingerprint density at radius 2 is 1.77 bits per heavy atom. The molecule has 0 radical (unpaired) electrons. The lowest BCUT2D eigenvalue weighted by molar-refractivity contribution is -0.144. The van der Waals surface area contributed by atoms with E-state index in [4.69, 9.17) is 5.73 Å². The number of rotatable bonds is 4. The van der Waals surface area contributed by atoms with Gasteiger partial charge in [0.25, 0.3) is 5.91 Å². The lowest BCUT2D eigenvalue weighted by atomic mass is 9.79. The van der Waals surface area contributed by atoms with Crippen molar-refractivity contribution in [3.8, 4) is 11.3 Å². The summed E-state index contributed by atoms with van der Waals surface area (Å²) in [4.78, 5) is 42.4. The number of nitrogens with one attached hydrogen (secondary N) is 1. The first-order valence-corrected chi connectivity index (χ1v) is 9.03. The van der Waals surface area contributed by atoms with Gasteiger partial charge in [0.2, 0.25) is 0 Å². The highest BCUT2D eigenvalue weighted by Crippen LogP contribution is 2.41. The topological polar surface area (TPSA) is 126 Å². The summed E-state index contributed by atoms with van der Waals surface area (Å²) in [5.74, 6) is -2.32. The number of benzene rings is 1. The molecule has 0 saturated heterocycles. The number of H-pyrrole nitrogens is 1. The van der Waals surface area contributed by atoms with Crippen LogP contribution in [0.3, 0.4) is 0 Å². The van der Waals surface area contributed by atoms with Gasteiger partial charge >= 0.3 is 12.1 Å². The summed E-state index contributed by atoms with van der Waals surface area (Å²) in [6.45, 7) is 3.89. The first-order valence-electron chi connectivity index (χ1n) is 9.03. The van der Waals surface area contributed by atoms with Crippen molar-refractivity contribution in [3.05, 3.63) is 63.1 Å². The van der Waals surface area contributed by atoms with E-state index in [0.717, 1.165) is 18.2 Å². The fraction of sp³-hybridized carbons (Fsp3) is 0.238. The van der Waals surface area contributed by atoms with Crippen LogP contribution in [0.25, 0.3) is 22.2 Å². The number of primary amides is 1. The fourth-order valence-electron chi connectivity index (χ4n) is 3.40. The zero-order valence-electron chi connectivity index (χ0n) is 16.7. The van der Waals surface area contributed by atoms with Gasteiger partial charge in [0.15, 0.2) is 5.43 Å². The zero-order chi connectivity index (χ0) is 23.3. The minimum absolute atomic E-state index is 0.0636. The number of aliphatic carboxylic acids is 1. The molecule has 0 spiro atoms. The molecule has 0 aliphatic rings. The third kappa shape index (κ3) is 3.76. The van der Waals surface area contributed by atoms with Gasteiger partial charge < -0.3 is 15.8 Å². The highest BCUT2D eigenvalue weighted by atomic mass is 19.4. The molecular weight excluding hydrogens is 415 g/mol. The summed E-state index contributed by atoms with van der Waals surface area (Å²) >= 11 is 0. The molecule has 7 nitrogen and oxygen atoms in total. The number of carboxylic acids is 1. The first kappa shape index (κ1) is 22.0. The van der Waals surface area contributed by atoms with E-state index in [0.29, 0.717) is 5.56 Å². The van der Waals surface area contributed by atoms with Crippen LogP contribution in [0.4, 0.5) is 13.2 Å². The Morgan fingerprint density at radius 3 is 2.32 bits per heavy atom. The van der Waals surface area contributed by atoms with E-state index in [1.807, 2.05) is 0 Å². The highest BCUT2D eigenvalue weighted by Gasteiger charge is 2.41. The third-order valence-electron chi connectivity index (χ3n) is 5.14. The van der Waals surface area contributed by atoms with E-state index in [1.54, 1.807) is 0 Å². The van der Waals surface area contributed by atoms with Crippen molar-refractivity contribution < 1.29 is 27.9 Å². The van der Waals surface area contributed by atoms with E-state index in [9.17, 15) is 32.7 Å². The van der Waals surface area contributed by atoms with Gasteiger partial charge in [0, 0.05) is 23.5 Å². The number of fused-ring (bicyclic) bond motifs is 1. The predicted molar refractivity (Wildman–Crippen MR) is 107 cm³/mol. The number of aromatic amines is 1. The van der Waals surface area contributed by atoms with Gasteiger partial charge in [0.05, 0.1) is 21.9 Å². The molecule has 3 aromatic rings. The SMILES string of the molecule is Cc1cc(C(C)(C)C(=O)O)c(C(F)(F)F)cc1-c1cc(=O)c2c(C(N)=O)nccc2[nH]1. The summed E-state index contributed by atoms with van der Waals surface area (Å²) in [5.41, 5.74) is 1.68. The maximum Gasteiger partial charge on any atom is 0.416 e. The van der Waals surface area contributed by atoms with Gasteiger partial charge in [-0.3, -0.25) is 19.4 Å². The van der Waals surface area contributed by atoms with Crippen LogP contribution in [-0.4, -0.2) is 27.0 Å². The molecule has 2 heterocycles.